The van der Waals surface area contributed by atoms with Crippen molar-refractivity contribution in [1.82, 2.24) is 0 Å². The average Bonchev–Trinajstić information content (AvgIpc) is 2.46. The summed E-state index contributed by atoms with van der Waals surface area (Å²) in [6, 6.07) is 16.1. The molecule has 0 aliphatic carbocycles. The van der Waals surface area contributed by atoms with Gasteiger partial charge in [-0.15, -0.1) is 0 Å². The summed E-state index contributed by atoms with van der Waals surface area (Å²) in [5.41, 5.74) is 9.28. The number of halogens is 1. The molecule has 108 valence electrons. The van der Waals surface area contributed by atoms with Gasteiger partial charge in [0.25, 0.3) is 0 Å². The first-order valence-corrected chi connectivity index (χ1v) is 7.61. The molecule has 0 aromatic heterocycles. The number of nitrogens with zero attached hydrogens (tertiary/aromatic N) is 2. The van der Waals surface area contributed by atoms with Crippen molar-refractivity contribution in [3.05, 3.63) is 58.1 Å². The Kier molecular flexibility index (Phi) is 4.87. The predicted octanol–water partition coefficient (Wildman–Crippen LogP) is 4.32. The number of benzene rings is 2. The highest BCUT2D eigenvalue weighted by Crippen LogP contribution is 2.28. The van der Waals surface area contributed by atoms with E-state index in [9.17, 15) is 5.26 Å². The number of nitriles is 1. The first-order valence-electron chi connectivity index (χ1n) is 6.82. The highest BCUT2D eigenvalue weighted by molar-refractivity contribution is 9.10. The third-order valence-electron chi connectivity index (χ3n) is 3.35. The number of hydrogen-bond acceptors (Lipinski definition) is 3. The van der Waals surface area contributed by atoms with Crippen molar-refractivity contribution in [2.24, 2.45) is 0 Å². The number of nitrogen functional groups attached to an aromatic ring is 1. The van der Waals surface area contributed by atoms with Crippen LogP contribution in [-0.2, 0) is 6.54 Å². The van der Waals surface area contributed by atoms with Gasteiger partial charge in [-0.3, -0.25) is 0 Å². The maximum absolute atomic E-state index is 9.33. The van der Waals surface area contributed by atoms with Gasteiger partial charge in [-0.1, -0.05) is 28.1 Å². The van der Waals surface area contributed by atoms with E-state index in [0.717, 1.165) is 22.4 Å². The van der Waals surface area contributed by atoms with Gasteiger partial charge in [-0.25, -0.2) is 0 Å². The summed E-state index contributed by atoms with van der Waals surface area (Å²) in [6.07, 6.45) is 0. The second kappa shape index (κ2) is 6.64. The monoisotopic (exact) mass is 343 g/mol. The minimum atomic E-state index is 0.281. The molecule has 0 spiro atoms. The molecule has 0 heterocycles. The van der Waals surface area contributed by atoms with E-state index >= 15 is 0 Å². The fraction of sp³-hybridized carbons (Fsp3) is 0.235. The van der Waals surface area contributed by atoms with Gasteiger partial charge in [-0.05, 0) is 49.7 Å². The van der Waals surface area contributed by atoms with Crippen molar-refractivity contribution in [3.63, 3.8) is 0 Å². The molecule has 0 unspecified atom stereocenters. The van der Waals surface area contributed by atoms with Crippen LogP contribution in [0.25, 0.3) is 0 Å². The Labute approximate surface area is 134 Å². The van der Waals surface area contributed by atoms with Crippen molar-refractivity contribution in [1.29, 1.82) is 5.26 Å². The van der Waals surface area contributed by atoms with E-state index in [0.29, 0.717) is 5.56 Å². The topological polar surface area (TPSA) is 53.0 Å². The highest BCUT2D eigenvalue weighted by atomic mass is 79.9. The Balaban J connectivity index is 2.38. The van der Waals surface area contributed by atoms with Crippen LogP contribution in [0.4, 0.5) is 11.4 Å². The lowest BCUT2D eigenvalue weighted by Gasteiger charge is -2.30. The fourth-order valence-corrected chi connectivity index (χ4v) is 2.55. The zero-order valence-corrected chi connectivity index (χ0v) is 13.8. The first kappa shape index (κ1) is 15.4. The Morgan fingerprint density at radius 2 is 1.86 bits per heavy atom. The molecule has 0 aliphatic heterocycles. The number of anilines is 2. The molecular formula is C17H18BrN3. The minimum Gasteiger partial charge on any atom is -0.399 e. The molecular weight excluding hydrogens is 326 g/mol. The molecule has 0 saturated heterocycles. The number of hydrogen-bond donors (Lipinski definition) is 1. The van der Waals surface area contributed by atoms with Crippen LogP contribution in [0, 0.1) is 11.3 Å². The summed E-state index contributed by atoms with van der Waals surface area (Å²) in [7, 11) is 0. The number of rotatable bonds is 4. The SMILES string of the molecule is CC(C)N(Cc1ccc(N)cc1)c1cc(Br)ccc1C#N. The Morgan fingerprint density at radius 1 is 1.19 bits per heavy atom. The van der Waals surface area contributed by atoms with Crippen molar-refractivity contribution >= 4 is 27.3 Å². The van der Waals surface area contributed by atoms with Gasteiger partial charge < -0.3 is 10.6 Å². The highest BCUT2D eigenvalue weighted by Gasteiger charge is 2.15. The van der Waals surface area contributed by atoms with Crippen molar-refractivity contribution in [2.75, 3.05) is 10.6 Å². The molecule has 0 aliphatic rings. The van der Waals surface area contributed by atoms with Crippen LogP contribution >= 0.6 is 15.9 Å². The summed E-state index contributed by atoms with van der Waals surface area (Å²) in [4.78, 5) is 2.22. The lowest BCUT2D eigenvalue weighted by molar-refractivity contribution is 0.681. The van der Waals surface area contributed by atoms with Gasteiger partial charge in [0, 0.05) is 22.7 Å². The smallest absolute Gasteiger partial charge is 0.101 e. The predicted molar refractivity (Wildman–Crippen MR) is 91.0 cm³/mol. The summed E-state index contributed by atoms with van der Waals surface area (Å²) in [5, 5.41) is 9.33. The quantitative estimate of drug-likeness (QED) is 0.841. The average molecular weight is 344 g/mol. The minimum absolute atomic E-state index is 0.281. The van der Waals surface area contributed by atoms with Crippen LogP contribution in [0.2, 0.25) is 0 Å². The van der Waals surface area contributed by atoms with Gasteiger partial charge in [0.15, 0.2) is 0 Å². The van der Waals surface area contributed by atoms with Crippen molar-refractivity contribution < 1.29 is 0 Å². The lowest BCUT2D eigenvalue weighted by atomic mass is 10.1. The Hall–Kier alpha value is -1.99. The van der Waals surface area contributed by atoms with Crippen LogP contribution in [0.1, 0.15) is 25.0 Å². The molecule has 2 aromatic rings. The van der Waals surface area contributed by atoms with Crippen LogP contribution in [0.3, 0.4) is 0 Å². The van der Waals surface area contributed by atoms with Crippen molar-refractivity contribution in [3.8, 4) is 6.07 Å². The molecule has 4 heteroatoms. The lowest BCUT2D eigenvalue weighted by Crippen LogP contribution is -2.30. The first-order chi connectivity index (χ1) is 10.0. The van der Waals surface area contributed by atoms with Gasteiger partial charge in [0.1, 0.15) is 6.07 Å². The molecule has 2 aromatic carbocycles. The largest absolute Gasteiger partial charge is 0.399 e. The molecule has 2 N–H and O–H groups in total. The molecule has 21 heavy (non-hydrogen) atoms. The van der Waals surface area contributed by atoms with Crippen molar-refractivity contribution in [2.45, 2.75) is 26.4 Å². The van der Waals surface area contributed by atoms with Crippen LogP contribution in [0.5, 0.6) is 0 Å². The van der Waals surface area contributed by atoms with E-state index in [2.05, 4.69) is 40.7 Å². The van der Waals surface area contributed by atoms with Gasteiger partial charge in [0.2, 0.25) is 0 Å². The van der Waals surface area contributed by atoms with Crippen LogP contribution in [0.15, 0.2) is 46.9 Å². The standard InChI is InChI=1S/C17H18BrN3/c1-12(2)21(11-13-3-7-16(20)8-4-13)17-9-15(18)6-5-14(17)10-19/h3-9,12H,11,20H2,1-2H3. The van der Waals surface area contributed by atoms with E-state index in [1.165, 1.54) is 5.56 Å². The zero-order chi connectivity index (χ0) is 15.4. The van der Waals surface area contributed by atoms with Crippen LogP contribution < -0.4 is 10.6 Å². The molecule has 0 bridgehead atoms. The van der Waals surface area contributed by atoms with Gasteiger partial charge in [0.05, 0.1) is 11.3 Å². The summed E-state index contributed by atoms with van der Waals surface area (Å²) in [5.74, 6) is 0. The molecule has 0 saturated carbocycles. The molecule has 0 radical (unpaired) electrons. The normalized spacial score (nSPS) is 10.4. The molecule has 2 rings (SSSR count). The third kappa shape index (κ3) is 3.77. The van der Waals surface area contributed by atoms with E-state index in [1.807, 2.05) is 42.5 Å². The second-order valence-electron chi connectivity index (χ2n) is 5.24. The van der Waals surface area contributed by atoms with E-state index < -0.39 is 0 Å². The molecule has 0 amide bonds. The Bertz CT molecular complexity index is 657. The summed E-state index contributed by atoms with van der Waals surface area (Å²) in [6.45, 7) is 4.99. The van der Waals surface area contributed by atoms with E-state index in [1.54, 1.807) is 0 Å². The molecule has 0 atom stereocenters. The maximum atomic E-state index is 9.33. The van der Waals surface area contributed by atoms with E-state index in [4.69, 9.17) is 5.73 Å². The van der Waals surface area contributed by atoms with Gasteiger partial charge >= 0.3 is 0 Å². The summed E-state index contributed by atoms with van der Waals surface area (Å²) < 4.78 is 0.972. The molecule has 3 nitrogen and oxygen atoms in total. The zero-order valence-electron chi connectivity index (χ0n) is 12.2. The summed E-state index contributed by atoms with van der Waals surface area (Å²) >= 11 is 3.49. The third-order valence-corrected chi connectivity index (χ3v) is 3.84. The second-order valence-corrected chi connectivity index (χ2v) is 6.15. The fourth-order valence-electron chi connectivity index (χ4n) is 2.20. The maximum Gasteiger partial charge on any atom is 0.101 e. The van der Waals surface area contributed by atoms with E-state index in [-0.39, 0.29) is 6.04 Å². The van der Waals surface area contributed by atoms with Gasteiger partial charge in [-0.2, -0.15) is 5.26 Å². The Morgan fingerprint density at radius 3 is 2.43 bits per heavy atom. The number of nitrogens with two attached hydrogens (primary N) is 1. The van der Waals surface area contributed by atoms with Crippen LogP contribution in [-0.4, -0.2) is 6.04 Å². The molecule has 0 fully saturated rings.